The van der Waals surface area contributed by atoms with Crippen LogP contribution in [0.5, 0.6) is 0 Å². The molecule has 0 aromatic carbocycles. The summed E-state index contributed by atoms with van der Waals surface area (Å²) in [4.78, 5) is 47.6. The van der Waals surface area contributed by atoms with E-state index >= 15 is 0 Å². The van der Waals surface area contributed by atoms with E-state index < -0.39 is 6.03 Å². The molecular formula is C10H14N4O4. The maximum absolute atomic E-state index is 11.6. The van der Waals surface area contributed by atoms with Gasteiger partial charge in [0.15, 0.2) is 0 Å². The molecule has 5 amide bonds. The Morgan fingerprint density at radius 3 is 2.56 bits per heavy atom. The van der Waals surface area contributed by atoms with Crippen LogP contribution in [0, 0.1) is 0 Å². The number of carbonyl (C=O) groups excluding carboxylic acids is 4. The molecule has 0 spiro atoms. The first-order chi connectivity index (χ1) is 8.49. The van der Waals surface area contributed by atoms with Gasteiger partial charge in [-0.05, 0) is 0 Å². The standard InChI is InChI=1S/C10H14N4O4/c1-6(15)11-2-8(16)13-4-7(5-13)14-9(17)3-12-10(14)18/h7H,2-5H2,1H3,(H,11,15)(H,12,18). The first kappa shape index (κ1) is 12.3. The van der Waals surface area contributed by atoms with Gasteiger partial charge in [0.25, 0.3) is 0 Å². The van der Waals surface area contributed by atoms with E-state index in [2.05, 4.69) is 10.6 Å². The zero-order valence-corrected chi connectivity index (χ0v) is 9.93. The van der Waals surface area contributed by atoms with E-state index in [4.69, 9.17) is 0 Å². The Hall–Kier alpha value is -2.12. The third-order valence-electron chi connectivity index (χ3n) is 2.95. The molecule has 98 valence electrons. The summed E-state index contributed by atoms with van der Waals surface area (Å²) in [6, 6.07) is -0.653. The van der Waals surface area contributed by atoms with E-state index in [0.29, 0.717) is 13.1 Å². The molecule has 0 atom stereocenters. The van der Waals surface area contributed by atoms with Crippen molar-refractivity contribution in [3.63, 3.8) is 0 Å². The second-order valence-electron chi connectivity index (χ2n) is 4.28. The van der Waals surface area contributed by atoms with E-state index in [1.54, 1.807) is 0 Å². The van der Waals surface area contributed by atoms with Crippen molar-refractivity contribution in [2.45, 2.75) is 13.0 Å². The number of urea groups is 1. The Bertz CT molecular complexity index is 400. The van der Waals surface area contributed by atoms with Gasteiger partial charge in [0.05, 0.1) is 19.1 Å². The molecule has 18 heavy (non-hydrogen) atoms. The van der Waals surface area contributed by atoms with Crippen LogP contribution in [-0.2, 0) is 14.4 Å². The summed E-state index contributed by atoms with van der Waals surface area (Å²) >= 11 is 0. The highest BCUT2D eigenvalue weighted by Gasteiger charge is 2.42. The normalized spacial score (nSPS) is 19.6. The van der Waals surface area contributed by atoms with Gasteiger partial charge in [0.2, 0.25) is 17.7 Å². The lowest BCUT2D eigenvalue weighted by atomic mass is 10.1. The van der Waals surface area contributed by atoms with Crippen molar-refractivity contribution in [1.82, 2.24) is 20.4 Å². The highest BCUT2D eigenvalue weighted by molar-refractivity contribution is 6.02. The van der Waals surface area contributed by atoms with E-state index in [9.17, 15) is 19.2 Å². The van der Waals surface area contributed by atoms with Crippen molar-refractivity contribution in [2.24, 2.45) is 0 Å². The number of nitrogens with zero attached hydrogens (tertiary/aromatic N) is 2. The predicted molar refractivity (Wildman–Crippen MR) is 59.3 cm³/mol. The number of imide groups is 1. The van der Waals surface area contributed by atoms with Crippen LogP contribution in [0.25, 0.3) is 0 Å². The Morgan fingerprint density at radius 1 is 1.39 bits per heavy atom. The molecule has 0 aromatic rings. The average molecular weight is 254 g/mol. The summed E-state index contributed by atoms with van der Waals surface area (Å²) in [6.07, 6.45) is 0. The molecule has 2 heterocycles. The summed E-state index contributed by atoms with van der Waals surface area (Å²) in [7, 11) is 0. The number of carbonyl (C=O) groups is 4. The molecule has 2 saturated heterocycles. The molecule has 2 fully saturated rings. The van der Waals surface area contributed by atoms with E-state index in [1.165, 1.54) is 11.8 Å². The summed E-state index contributed by atoms with van der Waals surface area (Å²) < 4.78 is 0. The van der Waals surface area contributed by atoms with Crippen LogP contribution in [0.2, 0.25) is 0 Å². The van der Waals surface area contributed by atoms with Crippen LogP contribution < -0.4 is 10.6 Å². The molecule has 0 unspecified atom stereocenters. The lowest BCUT2D eigenvalue weighted by molar-refractivity contribution is -0.142. The maximum Gasteiger partial charge on any atom is 0.324 e. The molecule has 8 heteroatoms. The van der Waals surface area contributed by atoms with E-state index in [0.717, 1.165) is 4.90 Å². The molecular weight excluding hydrogens is 240 g/mol. The van der Waals surface area contributed by atoms with Crippen LogP contribution in [0.15, 0.2) is 0 Å². The summed E-state index contributed by atoms with van der Waals surface area (Å²) in [5.74, 6) is -0.748. The zero-order valence-electron chi connectivity index (χ0n) is 9.93. The average Bonchev–Trinajstić information content (AvgIpc) is 2.56. The Morgan fingerprint density at radius 2 is 2.06 bits per heavy atom. The largest absolute Gasteiger partial charge is 0.347 e. The van der Waals surface area contributed by atoms with Gasteiger partial charge in [-0.2, -0.15) is 0 Å². The third kappa shape index (κ3) is 2.27. The SMILES string of the molecule is CC(=O)NCC(=O)N1CC(N2C(=O)CNC2=O)C1. The van der Waals surface area contributed by atoms with E-state index in [1.807, 2.05) is 0 Å². The third-order valence-corrected chi connectivity index (χ3v) is 2.95. The fourth-order valence-corrected chi connectivity index (χ4v) is 1.94. The molecule has 8 nitrogen and oxygen atoms in total. The van der Waals surface area contributed by atoms with Crippen molar-refractivity contribution in [3.05, 3.63) is 0 Å². The highest BCUT2D eigenvalue weighted by atomic mass is 16.2. The van der Waals surface area contributed by atoms with Crippen LogP contribution in [0.4, 0.5) is 4.79 Å². The minimum atomic E-state index is -0.404. The van der Waals surface area contributed by atoms with Crippen LogP contribution in [0.1, 0.15) is 6.92 Å². The van der Waals surface area contributed by atoms with Gasteiger partial charge in [-0.3, -0.25) is 19.3 Å². The van der Waals surface area contributed by atoms with Crippen molar-refractivity contribution in [2.75, 3.05) is 26.2 Å². The fourth-order valence-electron chi connectivity index (χ4n) is 1.94. The van der Waals surface area contributed by atoms with Crippen LogP contribution in [-0.4, -0.2) is 65.8 Å². The maximum atomic E-state index is 11.6. The van der Waals surface area contributed by atoms with Gasteiger partial charge in [-0.1, -0.05) is 0 Å². The lowest BCUT2D eigenvalue weighted by Gasteiger charge is -2.42. The molecule has 0 bridgehead atoms. The van der Waals surface area contributed by atoms with Gasteiger partial charge >= 0.3 is 6.03 Å². The minimum absolute atomic E-state index is 0.0230. The fraction of sp³-hybridized carbons (Fsp3) is 0.600. The van der Waals surface area contributed by atoms with Gasteiger partial charge in [0.1, 0.15) is 0 Å². The van der Waals surface area contributed by atoms with Crippen LogP contribution in [0.3, 0.4) is 0 Å². The summed E-state index contributed by atoms with van der Waals surface area (Å²) in [5.41, 5.74) is 0. The molecule has 0 radical (unpaired) electrons. The topological polar surface area (TPSA) is 98.8 Å². The molecule has 2 aliphatic heterocycles. The number of hydrogen-bond acceptors (Lipinski definition) is 4. The summed E-state index contributed by atoms with van der Waals surface area (Å²) in [5, 5.41) is 4.84. The van der Waals surface area contributed by atoms with Crippen molar-refractivity contribution in [3.8, 4) is 0 Å². The van der Waals surface area contributed by atoms with E-state index in [-0.39, 0.29) is 36.9 Å². The first-order valence-electron chi connectivity index (χ1n) is 5.61. The number of rotatable bonds is 3. The molecule has 2 rings (SSSR count). The minimum Gasteiger partial charge on any atom is -0.347 e. The lowest BCUT2D eigenvalue weighted by Crippen LogP contribution is -2.63. The Kier molecular flexibility index (Phi) is 3.17. The van der Waals surface area contributed by atoms with Crippen molar-refractivity contribution < 1.29 is 19.2 Å². The van der Waals surface area contributed by atoms with Crippen LogP contribution >= 0.6 is 0 Å². The van der Waals surface area contributed by atoms with Gasteiger partial charge in [-0.15, -0.1) is 0 Å². The monoisotopic (exact) mass is 254 g/mol. The molecule has 0 saturated carbocycles. The number of amides is 5. The zero-order chi connectivity index (χ0) is 13.3. The quantitative estimate of drug-likeness (QED) is 0.563. The predicted octanol–water partition coefficient (Wildman–Crippen LogP) is -2.11. The second-order valence-corrected chi connectivity index (χ2v) is 4.28. The molecule has 2 N–H and O–H groups in total. The molecule has 0 aliphatic carbocycles. The number of hydrogen-bond donors (Lipinski definition) is 2. The highest BCUT2D eigenvalue weighted by Crippen LogP contribution is 2.17. The Balaban J connectivity index is 1.80. The molecule has 2 aliphatic rings. The van der Waals surface area contributed by atoms with Crippen molar-refractivity contribution >= 4 is 23.8 Å². The second kappa shape index (κ2) is 4.63. The Labute approximate surface area is 103 Å². The number of likely N-dealkylation sites (tertiary alicyclic amines) is 1. The van der Waals surface area contributed by atoms with Gasteiger partial charge < -0.3 is 15.5 Å². The smallest absolute Gasteiger partial charge is 0.324 e. The number of nitrogens with one attached hydrogen (secondary N) is 2. The first-order valence-corrected chi connectivity index (χ1v) is 5.61. The van der Waals surface area contributed by atoms with Crippen molar-refractivity contribution in [1.29, 1.82) is 0 Å². The summed E-state index contributed by atoms with van der Waals surface area (Å²) in [6.45, 7) is 1.96. The molecule has 0 aromatic heterocycles. The van der Waals surface area contributed by atoms with Gasteiger partial charge in [0, 0.05) is 20.0 Å². The van der Waals surface area contributed by atoms with Gasteiger partial charge in [-0.25, -0.2) is 4.79 Å².